The number of amides is 1. The van der Waals surface area contributed by atoms with Gasteiger partial charge in [-0.15, -0.1) is 0 Å². The average Bonchev–Trinajstić information content (AvgIpc) is 3.13. The Morgan fingerprint density at radius 2 is 2.22 bits per heavy atom. The molecule has 6 nitrogen and oxygen atoms in total. The van der Waals surface area contributed by atoms with Crippen molar-refractivity contribution in [3.8, 4) is 5.75 Å². The molecule has 0 bridgehead atoms. The van der Waals surface area contributed by atoms with Gasteiger partial charge >= 0.3 is 0 Å². The van der Waals surface area contributed by atoms with Crippen LogP contribution in [0.3, 0.4) is 0 Å². The molecule has 1 unspecified atom stereocenters. The van der Waals surface area contributed by atoms with E-state index in [0.717, 1.165) is 56.2 Å². The van der Waals surface area contributed by atoms with Crippen molar-refractivity contribution in [2.24, 2.45) is 0 Å². The molecule has 0 aliphatic carbocycles. The zero-order valence-electron chi connectivity index (χ0n) is 16.6. The summed E-state index contributed by atoms with van der Waals surface area (Å²) in [7, 11) is 4.15. The highest BCUT2D eigenvalue weighted by atomic mass is 16.5. The number of likely N-dealkylation sites (tertiary alicyclic amines) is 1. The lowest BCUT2D eigenvalue weighted by Gasteiger charge is -2.32. The molecule has 146 valence electrons. The number of hydrogen-bond donors (Lipinski definition) is 0. The molecule has 2 heterocycles. The first-order valence-corrected chi connectivity index (χ1v) is 9.66. The van der Waals surface area contributed by atoms with Gasteiger partial charge in [-0.1, -0.05) is 12.1 Å². The fourth-order valence-electron chi connectivity index (χ4n) is 3.53. The normalized spacial score (nSPS) is 17.3. The lowest BCUT2D eigenvalue weighted by Crippen LogP contribution is -2.42. The second-order valence-electron chi connectivity index (χ2n) is 7.57. The van der Waals surface area contributed by atoms with Gasteiger partial charge < -0.3 is 19.1 Å². The number of nitrogens with zero attached hydrogens (tertiary/aromatic N) is 4. The number of carbonyl (C=O) groups is 1. The number of carbonyl (C=O) groups excluding carboxylic acids is 1. The highest BCUT2D eigenvalue weighted by molar-refractivity contribution is 5.78. The van der Waals surface area contributed by atoms with Crippen molar-refractivity contribution in [2.75, 3.05) is 40.3 Å². The number of aryl methyl sites for hydroxylation is 1. The van der Waals surface area contributed by atoms with Crippen LogP contribution in [0, 0.1) is 6.92 Å². The molecule has 1 aromatic carbocycles. The van der Waals surface area contributed by atoms with Crippen LogP contribution in [-0.4, -0.2) is 65.6 Å². The van der Waals surface area contributed by atoms with E-state index in [1.807, 2.05) is 48.5 Å². The van der Waals surface area contributed by atoms with E-state index in [9.17, 15) is 4.79 Å². The Balaban J connectivity index is 1.57. The zero-order chi connectivity index (χ0) is 19.2. The predicted molar refractivity (Wildman–Crippen MR) is 106 cm³/mol. The smallest absolute Gasteiger partial charge is 0.260 e. The minimum Gasteiger partial charge on any atom is -0.484 e. The molecule has 3 rings (SSSR count). The molecular weight excluding hydrogens is 340 g/mol. The number of benzene rings is 1. The summed E-state index contributed by atoms with van der Waals surface area (Å²) in [4.78, 5) is 21.3. The summed E-state index contributed by atoms with van der Waals surface area (Å²) < 4.78 is 7.92. The third-order valence-corrected chi connectivity index (χ3v) is 5.03. The van der Waals surface area contributed by atoms with Gasteiger partial charge in [-0.3, -0.25) is 4.79 Å². The first-order valence-electron chi connectivity index (χ1n) is 9.66. The van der Waals surface area contributed by atoms with E-state index in [0.29, 0.717) is 5.92 Å². The van der Waals surface area contributed by atoms with Crippen LogP contribution in [0.1, 0.15) is 30.1 Å². The molecule has 1 aliphatic rings. The summed E-state index contributed by atoms with van der Waals surface area (Å²) in [6, 6.07) is 7.80. The van der Waals surface area contributed by atoms with E-state index in [-0.39, 0.29) is 12.5 Å². The molecular formula is C21H30N4O2. The summed E-state index contributed by atoms with van der Waals surface area (Å²) in [5.74, 6) is 2.18. The lowest BCUT2D eigenvalue weighted by molar-refractivity contribution is -0.134. The summed E-state index contributed by atoms with van der Waals surface area (Å²) >= 11 is 0. The molecule has 0 radical (unpaired) electrons. The maximum absolute atomic E-state index is 12.6. The van der Waals surface area contributed by atoms with Gasteiger partial charge in [-0.25, -0.2) is 4.98 Å². The number of ether oxygens (including phenoxy) is 1. The van der Waals surface area contributed by atoms with Crippen molar-refractivity contribution in [2.45, 2.75) is 32.2 Å². The molecule has 0 saturated carbocycles. The van der Waals surface area contributed by atoms with Gasteiger partial charge in [0.2, 0.25) is 0 Å². The van der Waals surface area contributed by atoms with Crippen molar-refractivity contribution in [1.29, 1.82) is 0 Å². The van der Waals surface area contributed by atoms with E-state index < -0.39 is 0 Å². The van der Waals surface area contributed by atoms with Gasteiger partial charge in [-0.2, -0.15) is 0 Å². The van der Waals surface area contributed by atoms with Crippen molar-refractivity contribution in [3.63, 3.8) is 0 Å². The van der Waals surface area contributed by atoms with Crippen LogP contribution in [0.2, 0.25) is 0 Å². The second-order valence-corrected chi connectivity index (χ2v) is 7.57. The molecule has 1 saturated heterocycles. The van der Waals surface area contributed by atoms with Crippen molar-refractivity contribution >= 4 is 5.91 Å². The monoisotopic (exact) mass is 370 g/mol. The highest BCUT2D eigenvalue weighted by Gasteiger charge is 2.27. The molecule has 1 aliphatic heterocycles. The van der Waals surface area contributed by atoms with Crippen molar-refractivity contribution in [1.82, 2.24) is 19.4 Å². The Labute approximate surface area is 161 Å². The molecule has 1 amide bonds. The zero-order valence-corrected chi connectivity index (χ0v) is 16.6. The topological polar surface area (TPSA) is 50.6 Å². The Morgan fingerprint density at radius 3 is 3.00 bits per heavy atom. The van der Waals surface area contributed by atoms with E-state index in [1.54, 1.807) is 0 Å². The molecule has 1 atom stereocenters. The Kier molecular flexibility index (Phi) is 6.50. The summed E-state index contributed by atoms with van der Waals surface area (Å²) in [6.07, 6.45) is 5.98. The number of imidazole rings is 1. The van der Waals surface area contributed by atoms with E-state index in [1.165, 1.54) is 0 Å². The Hall–Kier alpha value is -2.34. The van der Waals surface area contributed by atoms with Crippen LogP contribution in [-0.2, 0) is 11.3 Å². The highest BCUT2D eigenvalue weighted by Crippen LogP contribution is 2.26. The summed E-state index contributed by atoms with van der Waals surface area (Å²) in [6.45, 7) is 5.51. The molecule has 6 heteroatoms. The third-order valence-electron chi connectivity index (χ3n) is 5.03. The Bertz CT molecular complexity index is 756. The average molecular weight is 370 g/mol. The maximum atomic E-state index is 12.6. The van der Waals surface area contributed by atoms with Crippen LogP contribution in [0.4, 0.5) is 0 Å². The summed E-state index contributed by atoms with van der Waals surface area (Å²) in [5, 5.41) is 0. The van der Waals surface area contributed by atoms with Crippen LogP contribution in [0.5, 0.6) is 5.75 Å². The molecule has 1 fully saturated rings. The first kappa shape index (κ1) is 19.4. The molecule has 27 heavy (non-hydrogen) atoms. The maximum Gasteiger partial charge on any atom is 0.260 e. The molecule has 0 spiro atoms. The quantitative estimate of drug-likeness (QED) is 0.752. The van der Waals surface area contributed by atoms with Gasteiger partial charge in [0.15, 0.2) is 6.61 Å². The van der Waals surface area contributed by atoms with Crippen LogP contribution < -0.4 is 4.74 Å². The lowest BCUT2D eigenvalue weighted by atomic mass is 9.97. The SMILES string of the molecule is Cc1cccc(OCC(=O)N2CCCC(c3nccn3CCN(C)C)C2)c1. The first-order chi connectivity index (χ1) is 13.0. The second kappa shape index (κ2) is 9.04. The number of hydrogen-bond acceptors (Lipinski definition) is 4. The Morgan fingerprint density at radius 1 is 1.37 bits per heavy atom. The largest absolute Gasteiger partial charge is 0.484 e. The number of piperidine rings is 1. The molecule has 2 aromatic rings. The summed E-state index contributed by atoms with van der Waals surface area (Å²) in [5.41, 5.74) is 1.13. The van der Waals surface area contributed by atoms with Gasteiger partial charge in [-0.05, 0) is 51.6 Å². The van der Waals surface area contributed by atoms with Crippen LogP contribution in [0.15, 0.2) is 36.7 Å². The fourth-order valence-corrected chi connectivity index (χ4v) is 3.53. The predicted octanol–water partition coefficient (Wildman–Crippen LogP) is 2.54. The number of rotatable bonds is 7. The van der Waals surface area contributed by atoms with Crippen LogP contribution in [0.25, 0.3) is 0 Å². The fraction of sp³-hybridized carbons (Fsp3) is 0.524. The molecule has 0 N–H and O–H groups in total. The minimum atomic E-state index is 0.0487. The van der Waals surface area contributed by atoms with E-state index >= 15 is 0 Å². The van der Waals surface area contributed by atoms with Crippen LogP contribution >= 0.6 is 0 Å². The standard InChI is InChI=1S/C21H30N4O2/c1-17-6-4-8-19(14-17)27-16-20(26)25-10-5-7-18(15-25)21-22-9-11-24(21)13-12-23(2)3/h4,6,8-9,11,14,18H,5,7,10,12-13,15-16H2,1-3H3. The van der Waals surface area contributed by atoms with Gasteiger partial charge in [0, 0.05) is 44.5 Å². The minimum absolute atomic E-state index is 0.0487. The number of aromatic nitrogens is 2. The van der Waals surface area contributed by atoms with E-state index in [2.05, 4.69) is 28.5 Å². The number of likely N-dealkylation sites (N-methyl/N-ethyl adjacent to an activating group) is 1. The van der Waals surface area contributed by atoms with Gasteiger partial charge in [0.05, 0.1) is 0 Å². The third kappa shape index (κ3) is 5.32. The van der Waals surface area contributed by atoms with Gasteiger partial charge in [0.25, 0.3) is 5.91 Å². The van der Waals surface area contributed by atoms with Crippen molar-refractivity contribution in [3.05, 3.63) is 48.0 Å². The molecule has 1 aromatic heterocycles. The van der Waals surface area contributed by atoms with Gasteiger partial charge in [0.1, 0.15) is 11.6 Å². The van der Waals surface area contributed by atoms with E-state index in [4.69, 9.17) is 4.74 Å². The van der Waals surface area contributed by atoms with Crippen molar-refractivity contribution < 1.29 is 9.53 Å².